The molecule has 0 fully saturated rings. The molecule has 1 aliphatic heterocycles. The molecule has 1 atom stereocenters. The van der Waals surface area contributed by atoms with Crippen LogP contribution in [0.15, 0.2) is 48.5 Å². The second-order valence-corrected chi connectivity index (χ2v) is 6.55. The maximum Gasteiger partial charge on any atom is 0.416 e. The summed E-state index contributed by atoms with van der Waals surface area (Å²) in [5.74, 6) is -0.408. The average Bonchev–Trinajstić information content (AvgIpc) is 3.27. The van der Waals surface area contributed by atoms with Crippen LogP contribution >= 0.6 is 0 Å². The number of aliphatic hydroxyl groups excluding tert-OH is 1. The SMILES string of the molecule is OCC1CC=C(c2nn(Cc3ccc(C(F)(F)F)cc3F)c3ccccc23)O1. The Morgan fingerprint density at radius 3 is 2.64 bits per heavy atom. The molecule has 0 spiro atoms. The zero-order chi connectivity index (χ0) is 19.9. The average molecular weight is 392 g/mol. The van der Waals surface area contributed by atoms with Crippen LogP contribution in [0.2, 0.25) is 0 Å². The Kier molecular flexibility index (Phi) is 4.58. The Morgan fingerprint density at radius 1 is 1.18 bits per heavy atom. The fourth-order valence-electron chi connectivity index (χ4n) is 3.22. The minimum atomic E-state index is -4.60. The van der Waals surface area contributed by atoms with Gasteiger partial charge in [-0.05, 0) is 24.3 Å². The van der Waals surface area contributed by atoms with Gasteiger partial charge in [0, 0.05) is 17.4 Å². The summed E-state index contributed by atoms with van der Waals surface area (Å²) in [6, 6.07) is 9.75. The molecule has 4 nitrogen and oxygen atoms in total. The van der Waals surface area contributed by atoms with E-state index in [1.165, 1.54) is 4.68 Å². The van der Waals surface area contributed by atoms with Crippen molar-refractivity contribution >= 4 is 16.7 Å². The highest BCUT2D eigenvalue weighted by atomic mass is 19.4. The molecule has 1 unspecified atom stereocenters. The van der Waals surface area contributed by atoms with E-state index >= 15 is 0 Å². The minimum Gasteiger partial charge on any atom is -0.486 e. The van der Waals surface area contributed by atoms with Crippen molar-refractivity contribution in [1.29, 1.82) is 0 Å². The van der Waals surface area contributed by atoms with Gasteiger partial charge in [0.1, 0.15) is 23.4 Å². The van der Waals surface area contributed by atoms with Crippen molar-refractivity contribution in [2.75, 3.05) is 6.61 Å². The number of fused-ring (bicyclic) bond motifs is 1. The summed E-state index contributed by atoms with van der Waals surface area (Å²) in [7, 11) is 0. The molecule has 0 aliphatic carbocycles. The van der Waals surface area contributed by atoms with Crippen molar-refractivity contribution in [1.82, 2.24) is 9.78 Å². The molecule has 4 rings (SSSR count). The number of hydrogen-bond donors (Lipinski definition) is 1. The van der Waals surface area contributed by atoms with Crippen molar-refractivity contribution in [3.05, 3.63) is 71.2 Å². The fraction of sp³-hybridized carbons (Fsp3) is 0.250. The highest BCUT2D eigenvalue weighted by Gasteiger charge is 2.31. The van der Waals surface area contributed by atoms with Gasteiger partial charge in [-0.2, -0.15) is 18.3 Å². The third kappa shape index (κ3) is 3.35. The summed E-state index contributed by atoms with van der Waals surface area (Å²) in [5, 5.41) is 14.5. The van der Waals surface area contributed by atoms with E-state index < -0.39 is 17.6 Å². The van der Waals surface area contributed by atoms with Gasteiger partial charge in [-0.3, -0.25) is 4.68 Å². The molecule has 0 saturated heterocycles. The number of halogens is 4. The normalized spacial score (nSPS) is 17.0. The van der Waals surface area contributed by atoms with Crippen LogP contribution in [0.25, 0.3) is 16.7 Å². The Morgan fingerprint density at radius 2 is 1.96 bits per heavy atom. The molecular weight excluding hydrogens is 376 g/mol. The molecule has 3 aromatic rings. The van der Waals surface area contributed by atoms with Crippen LogP contribution in [-0.4, -0.2) is 27.6 Å². The Hall–Kier alpha value is -2.87. The molecule has 0 radical (unpaired) electrons. The standard InChI is InChI=1S/C20H16F4N2O2/c21-16-9-13(20(22,23)24)6-5-12(16)10-26-17-4-2-1-3-15(17)19(25-26)18-8-7-14(11-27)28-18/h1-6,8-9,14,27H,7,10-11H2. The monoisotopic (exact) mass is 392 g/mol. The van der Waals surface area contributed by atoms with E-state index in [4.69, 9.17) is 4.74 Å². The van der Waals surface area contributed by atoms with Crippen molar-refractivity contribution in [2.24, 2.45) is 0 Å². The lowest BCUT2D eigenvalue weighted by Crippen LogP contribution is -2.11. The van der Waals surface area contributed by atoms with Crippen LogP contribution in [0.3, 0.4) is 0 Å². The van der Waals surface area contributed by atoms with Crippen molar-refractivity contribution < 1.29 is 27.4 Å². The lowest BCUT2D eigenvalue weighted by molar-refractivity contribution is -0.137. The first-order chi connectivity index (χ1) is 13.4. The molecule has 2 heterocycles. The molecule has 1 aliphatic rings. The predicted octanol–water partition coefficient (Wildman–Crippen LogP) is 4.36. The molecule has 0 saturated carbocycles. The first-order valence-electron chi connectivity index (χ1n) is 8.66. The van der Waals surface area contributed by atoms with Crippen molar-refractivity contribution in [3.8, 4) is 0 Å². The van der Waals surface area contributed by atoms with Crippen LogP contribution in [0.1, 0.15) is 23.2 Å². The largest absolute Gasteiger partial charge is 0.486 e. The summed E-state index contributed by atoms with van der Waals surface area (Å²) in [6.45, 7) is -0.142. The molecule has 146 valence electrons. The van der Waals surface area contributed by atoms with Gasteiger partial charge < -0.3 is 9.84 Å². The minimum absolute atomic E-state index is 0.0266. The molecule has 28 heavy (non-hydrogen) atoms. The van der Waals surface area contributed by atoms with Gasteiger partial charge in [0.15, 0.2) is 0 Å². The summed E-state index contributed by atoms with van der Waals surface area (Å²) >= 11 is 0. The number of para-hydroxylation sites is 1. The van der Waals surface area contributed by atoms with Gasteiger partial charge in [0.2, 0.25) is 0 Å². The quantitative estimate of drug-likeness (QED) is 0.671. The molecule has 1 aromatic heterocycles. The Labute approximate surface area is 157 Å². The van der Waals surface area contributed by atoms with E-state index in [1.54, 1.807) is 12.1 Å². The summed E-state index contributed by atoms with van der Waals surface area (Å²) in [5.41, 5.74) is 0.328. The van der Waals surface area contributed by atoms with E-state index in [0.29, 0.717) is 29.5 Å². The number of aromatic nitrogens is 2. The van der Waals surface area contributed by atoms with Gasteiger partial charge in [-0.25, -0.2) is 4.39 Å². The van der Waals surface area contributed by atoms with Crippen LogP contribution in [0.5, 0.6) is 0 Å². The lowest BCUT2D eigenvalue weighted by atomic mass is 10.1. The summed E-state index contributed by atoms with van der Waals surface area (Å²) in [6.07, 6.45) is -2.54. The van der Waals surface area contributed by atoms with Crippen molar-refractivity contribution in [3.63, 3.8) is 0 Å². The molecule has 2 aromatic carbocycles. The number of hydrogen-bond acceptors (Lipinski definition) is 3. The van der Waals surface area contributed by atoms with E-state index in [-0.39, 0.29) is 24.8 Å². The third-order valence-corrected chi connectivity index (χ3v) is 4.66. The first kappa shape index (κ1) is 18.5. The molecular formula is C20H16F4N2O2. The smallest absolute Gasteiger partial charge is 0.416 e. The Bertz CT molecular complexity index is 1060. The first-order valence-corrected chi connectivity index (χ1v) is 8.66. The van der Waals surface area contributed by atoms with E-state index in [2.05, 4.69) is 5.10 Å². The van der Waals surface area contributed by atoms with Crippen molar-refractivity contribution in [2.45, 2.75) is 25.2 Å². The maximum absolute atomic E-state index is 14.3. The molecule has 0 amide bonds. The van der Waals surface area contributed by atoms with Gasteiger partial charge in [0.25, 0.3) is 0 Å². The van der Waals surface area contributed by atoms with E-state index in [9.17, 15) is 22.7 Å². The van der Waals surface area contributed by atoms with E-state index in [0.717, 1.165) is 17.5 Å². The third-order valence-electron chi connectivity index (χ3n) is 4.66. The van der Waals surface area contributed by atoms with E-state index in [1.807, 2.05) is 18.2 Å². The Balaban J connectivity index is 1.71. The second-order valence-electron chi connectivity index (χ2n) is 6.55. The molecule has 0 bridgehead atoms. The summed E-state index contributed by atoms with van der Waals surface area (Å²) < 4.78 is 59.7. The van der Waals surface area contributed by atoms with Gasteiger partial charge in [-0.1, -0.05) is 24.3 Å². The topological polar surface area (TPSA) is 47.3 Å². The number of alkyl halides is 3. The number of rotatable bonds is 4. The number of nitrogens with zero attached hydrogens (tertiary/aromatic N) is 2. The maximum atomic E-state index is 14.3. The fourth-order valence-corrected chi connectivity index (χ4v) is 3.22. The number of aliphatic hydroxyl groups is 1. The second kappa shape index (κ2) is 6.94. The lowest BCUT2D eigenvalue weighted by Gasteiger charge is -2.10. The van der Waals surface area contributed by atoms with Gasteiger partial charge in [0.05, 0.1) is 24.2 Å². The van der Waals surface area contributed by atoms with Crippen LogP contribution in [-0.2, 0) is 17.5 Å². The zero-order valence-corrected chi connectivity index (χ0v) is 14.6. The zero-order valence-electron chi connectivity index (χ0n) is 14.6. The predicted molar refractivity (Wildman–Crippen MR) is 94.8 cm³/mol. The van der Waals surface area contributed by atoms with Crippen LogP contribution in [0.4, 0.5) is 17.6 Å². The molecule has 1 N–H and O–H groups in total. The van der Waals surface area contributed by atoms with Crippen LogP contribution in [0, 0.1) is 5.82 Å². The summed E-state index contributed by atoms with van der Waals surface area (Å²) in [4.78, 5) is 0. The van der Waals surface area contributed by atoms with Gasteiger partial charge >= 0.3 is 6.18 Å². The highest BCUT2D eigenvalue weighted by molar-refractivity contribution is 5.89. The van der Waals surface area contributed by atoms with Crippen LogP contribution < -0.4 is 0 Å². The van der Waals surface area contributed by atoms with Gasteiger partial charge in [-0.15, -0.1) is 0 Å². The molecule has 8 heteroatoms. The highest BCUT2D eigenvalue weighted by Crippen LogP contribution is 2.32. The number of benzene rings is 2. The number of ether oxygens (including phenoxy) is 1.